The Bertz CT molecular complexity index is 745. The lowest BCUT2D eigenvalue weighted by Crippen LogP contribution is -2.41. The second-order valence-electron chi connectivity index (χ2n) is 5.73. The predicted octanol–water partition coefficient (Wildman–Crippen LogP) is 2.47. The Morgan fingerprint density at radius 3 is 2.58 bits per heavy atom. The van der Waals surface area contributed by atoms with Crippen LogP contribution in [0.25, 0.3) is 0 Å². The average molecular weight is 377 g/mol. The number of amides is 1. The van der Waals surface area contributed by atoms with Gasteiger partial charge in [0.1, 0.15) is 5.82 Å². The molecule has 0 spiro atoms. The van der Waals surface area contributed by atoms with Crippen LogP contribution in [0.2, 0.25) is 0 Å². The van der Waals surface area contributed by atoms with E-state index >= 15 is 0 Å². The average Bonchev–Trinajstić information content (AvgIpc) is 3.09. The lowest BCUT2D eigenvalue weighted by atomic mass is 10.1. The number of rotatable bonds is 8. The lowest BCUT2D eigenvalue weighted by Gasteiger charge is -2.12. The van der Waals surface area contributed by atoms with E-state index in [1.165, 1.54) is 21.9 Å². The summed E-state index contributed by atoms with van der Waals surface area (Å²) in [4.78, 5) is 18.7. The molecule has 2 rings (SSSR count). The summed E-state index contributed by atoms with van der Waals surface area (Å²) < 4.78 is 13.1. The zero-order valence-corrected chi connectivity index (χ0v) is 16.0. The Labute approximate surface area is 157 Å². The highest BCUT2D eigenvalue weighted by Gasteiger charge is 2.04. The van der Waals surface area contributed by atoms with Crippen LogP contribution in [-0.2, 0) is 24.2 Å². The second-order valence-corrected chi connectivity index (χ2v) is 6.98. The predicted molar refractivity (Wildman–Crippen MR) is 105 cm³/mol. The van der Waals surface area contributed by atoms with Crippen LogP contribution in [0.3, 0.4) is 0 Å². The summed E-state index contributed by atoms with van der Waals surface area (Å²) in [6, 6.07) is 10.3. The Balaban J connectivity index is 1.64. The summed E-state index contributed by atoms with van der Waals surface area (Å²) >= 11 is 1.79. The van der Waals surface area contributed by atoms with Crippen molar-refractivity contribution in [2.24, 2.45) is 4.99 Å². The van der Waals surface area contributed by atoms with Crippen LogP contribution in [0.5, 0.6) is 0 Å². The number of halogens is 1. The number of aliphatic imine (C=N–C) groups is 1. The first-order chi connectivity index (χ1) is 12.6. The van der Waals surface area contributed by atoms with E-state index in [9.17, 15) is 9.18 Å². The molecule has 0 atom stereocenters. The van der Waals surface area contributed by atoms with Crippen LogP contribution >= 0.6 is 11.3 Å². The first-order valence-electron chi connectivity index (χ1n) is 8.64. The van der Waals surface area contributed by atoms with E-state index in [4.69, 9.17) is 0 Å². The second kappa shape index (κ2) is 10.6. The summed E-state index contributed by atoms with van der Waals surface area (Å²) in [6.07, 6.45) is 1.22. The van der Waals surface area contributed by atoms with Gasteiger partial charge in [-0.05, 0) is 36.2 Å². The fourth-order valence-corrected chi connectivity index (χ4v) is 3.27. The third kappa shape index (κ3) is 6.84. The van der Waals surface area contributed by atoms with Gasteiger partial charge >= 0.3 is 0 Å². The lowest BCUT2D eigenvalue weighted by molar-refractivity contribution is -0.120. The zero-order chi connectivity index (χ0) is 18.8. The minimum absolute atomic E-state index is 0.133. The van der Waals surface area contributed by atoms with Crippen molar-refractivity contribution in [1.29, 1.82) is 0 Å². The molecule has 5 nitrogen and oxygen atoms in total. The molecule has 0 bridgehead atoms. The van der Waals surface area contributed by atoms with E-state index in [1.54, 1.807) is 30.5 Å². The molecule has 1 heterocycles. The van der Waals surface area contributed by atoms with Crippen molar-refractivity contribution >= 4 is 23.2 Å². The molecule has 1 aromatic carbocycles. The van der Waals surface area contributed by atoms with Crippen LogP contribution in [0.4, 0.5) is 4.39 Å². The Hall–Kier alpha value is -2.41. The smallest absolute Gasteiger partial charge is 0.224 e. The van der Waals surface area contributed by atoms with Crippen LogP contribution in [0, 0.1) is 5.82 Å². The van der Waals surface area contributed by atoms with Gasteiger partial charge in [0.2, 0.25) is 5.91 Å². The largest absolute Gasteiger partial charge is 0.355 e. The number of nitrogens with one attached hydrogen (secondary N) is 3. The molecule has 0 radical (unpaired) electrons. The number of thiophene rings is 1. The van der Waals surface area contributed by atoms with E-state index in [2.05, 4.69) is 40.0 Å². The topological polar surface area (TPSA) is 65.5 Å². The van der Waals surface area contributed by atoms with Crippen molar-refractivity contribution in [2.45, 2.75) is 26.3 Å². The molecule has 0 fully saturated rings. The normalized spacial score (nSPS) is 11.3. The van der Waals surface area contributed by atoms with Crippen LogP contribution in [-0.4, -0.2) is 32.0 Å². The van der Waals surface area contributed by atoms with E-state index in [0.717, 1.165) is 13.0 Å². The molecule has 0 aliphatic heterocycles. The maximum atomic E-state index is 13.1. The number of hydrogen-bond donors (Lipinski definition) is 3. The third-order valence-electron chi connectivity index (χ3n) is 3.71. The van der Waals surface area contributed by atoms with Gasteiger partial charge in [0.05, 0.1) is 13.0 Å². The number of hydrogen-bond acceptors (Lipinski definition) is 3. The quantitative estimate of drug-likeness (QED) is 0.377. The minimum atomic E-state index is -0.330. The molecule has 0 aliphatic rings. The molecule has 3 N–H and O–H groups in total. The molecule has 26 heavy (non-hydrogen) atoms. The molecule has 0 saturated carbocycles. The third-order valence-corrected chi connectivity index (χ3v) is 4.94. The number of aryl methyl sites for hydroxylation is 1. The van der Waals surface area contributed by atoms with Gasteiger partial charge in [0.15, 0.2) is 5.96 Å². The van der Waals surface area contributed by atoms with Gasteiger partial charge in [-0.3, -0.25) is 9.79 Å². The van der Waals surface area contributed by atoms with Crippen LogP contribution in [0.15, 0.2) is 41.4 Å². The van der Waals surface area contributed by atoms with Crippen molar-refractivity contribution in [1.82, 2.24) is 16.0 Å². The molecular formula is C19H25FN4OS. The van der Waals surface area contributed by atoms with Gasteiger partial charge in [-0.1, -0.05) is 19.1 Å². The van der Waals surface area contributed by atoms with Crippen molar-refractivity contribution in [3.05, 3.63) is 57.5 Å². The first-order valence-corrected chi connectivity index (χ1v) is 9.45. The molecule has 140 valence electrons. The van der Waals surface area contributed by atoms with Gasteiger partial charge in [-0.15, -0.1) is 11.3 Å². The minimum Gasteiger partial charge on any atom is -0.355 e. The monoisotopic (exact) mass is 376 g/mol. The fourth-order valence-electron chi connectivity index (χ4n) is 2.38. The number of nitrogens with zero attached hydrogens (tertiary/aromatic N) is 1. The van der Waals surface area contributed by atoms with Crippen molar-refractivity contribution in [3.8, 4) is 0 Å². The van der Waals surface area contributed by atoms with Crippen molar-refractivity contribution in [2.75, 3.05) is 20.1 Å². The standard InChI is InChI=1S/C19H25FN4OS/c1-3-16-7-8-17(26-16)13-24-19(21-2)23-10-9-22-18(25)12-14-5-4-6-15(20)11-14/h4-8,11H,3,9-10,12-13H2,1-2H3,(H,22,25)(H2,21,23,24). The van der Waals surface area contributed by atoms with Crippen LogP contribution in [0.1, 0.15) is 22.2 Å². The van der Waals surface area contributed by atoms with E-state index in [-0.39, 0.29) is 18.1 Å². The van der Waals surface area contributed by atoms with E-state index in [1.807, 2.05) is 0 Å². The van der Waals surface area contributed by atoms with Gasteiger partial charge in [-0.2, -0.15) is 0 Å². The zero-order valence-electron chi connectivity index (χ0n) is 15.1. The number of carbonyl (C=O) groups excluding carboxylic acids is 1. The van der Waals surface area contributed by atoms with Gasteiger partial charge in [0, 0.05) is 29.9 Å². The Morgan fingerprint density at radius 2 is 1.88 bits per heavy atom. The van der Waals surface area contributed by atoms with Gasteiger partial charge < -0.3 is 16.0 Å². The van der Waals surface area contributed by atoms with E-state index < -0.39 is 0 Å². The SMILES string of the molecule is CCc1ccc(CNC(=NC)NCCNC(=O)Cc2cccc(F)c2)s1. The fraction of sp³-hybridized carbons (Fsp3) is 0.368. The van der Waals surface area contributed by atoms with Crippen molar-refractivity contribution < 1.29 is 9.18 Å². The van der Waals surface area contributed by atoms with Crippen molar-refractivity contribution in [3.63, 3.8) is 0 Å². The summed E-state index contributed by atoms with van der Waals surface area (Å²) in [5.41, 5.74) is 0.662. The molecular weight excluding hydrogens is 351 g/mol. The summed E-state index contributed by atoms with van der Waals surface area (Å²) in [7, 11) is 1.71. The molecule has 1 aromatic heterocycles. The molecule has 0 saturated heterocycles. The van der Waals surface area contributed by atoms with Gasteiger partial charge in [-0.25, -0.2) is 4.39 Å². The number of benzene rings is 1. The number of guanidine groups is 1. The molecule has 1 amide bonds. The van der Waals surface area contributed by atoms with E-state index in [0.29, 0.717) is 24.6 Å². The van der Waals surface area contributed by atoms with Crippen LogP contribution < -0.4 is 16.0 Å². The molecule has 0 unspecified atom stereocenters. The molecule has 2 aromatic rings. The Morgan fingerprint density at radius 1 is 1.12 bits per heavy atom. The highest BCUT2D eigenvalue weighted by molar-refractivity contribution is 7.11. The summed E-state index contributed by atoms with van der Waals surface area (Å²) in [5, 5.41) is 9.22. The Kier molecular flexibility index (Phi) is 8.08. The maximum absolute atomic E-state index is 13.1. The maximum Gasteiger partial charge on any atom is 0.224 e. The first kappa shape index (κ1) is 19.9. The highest BCUT2D eigenvalue weighted by atomic mass is 32.1. The van der Waals surface area contributed by atoms with Gasteiger partial charge in [0.25, 0.3) is 0 Å². The summed E-state index contributed by atoms with van der Waals surface area (Å²) in [6.45, 7) is 3.88. The highest BCUT2D eigenvalue weighted by Crippen LogP contribution is 2.16. The molecule has 7 heteroatoms. The number of carbonyl (C=O) groups is 1. The molecule has 0 aliphatic carbocycles. The summed E-state index contributed by atoms with van der Waals surface area (Å²) in [5.74, 6) is 0.227.